The normalized spacial score (nSPS) is 33.3. The Kier molecular flexibility index (Phi) is 2.89. The van der Waals surface area contributed by atoms with E-state index in [4.69, 9.17) is 0 Å². The first-order valence-corrected chi connectivity index (χ1v) is 4.25. The zero-order chi connectivity index (χ0) is 8.27. The molecule has 2 unspecified atom stereocenters. The first-order valence-electron chi connectivity index (χ1n) is 4.25. The Labute approximate surface area is 69.4 Å². The van der Waals surface area contributed by atoms with Crippen LogP contribution in [0.5, 0.6) is 0 Å². The maximum absolute atomic E-state index is 3.67. The van der Waals surface area contributed by atoms with Crippen LogP contribution in [0.25, 0.3) is 0 Å². The summed E-state index contributed by atoms with van der Waals surface area (Å²) in [6, 6.07) is 0.632. The van der Waals surface area contributed by atoms with Crippen molar-refractivity contribution in [3.05, 3.63) is 24.8 Å². The average Bonchev–Trinajstić information content (AvgIpc) is 2.29. The molecule has 0 radical (unpaired) electrons. The second-order valence-corrected chi connectivity index (χ2v) is 3.36. The molecule has 1 rings (SSSR count). The van der Waals surface area contributed by atoms with Gasteiger partial charge in [0.25, 0.3) is 0 Å². The minimum atomic E-state index is 0.632. The summed E-state index contributed by atoms with van der Waals surface area (Å²) >= 11 is 0. The molecule has 62 valence electrons. The molecule has 0 N–H and O–H groups in total. The van der Waals surface area contributed by atoms with Crippen molar-refractivity contribution in [1.29, 1.82) is 0 Å². The van der Waals surface area contributed by atoms with Crippen molar-refractivity contribution in [1.82, 2.24) is 4.90 Å². The number of hydrogen-bond donors (Lipinski definition) is 0. The Balaban J connectivity index is 2.53. The number of rotatable bonds is 2. The lowest BCUT2D eigenvalue weighted by Gasteiger charge is -2.18. The smallest absolute Gasteiger partial charge is 0.0304 e. The van der Waals surface area contributed by atoms with E-state index in [1.54, 1.807) is 0 Å². The second-order valence-electron chi connectivity index (χ2n) is 3.36. The van der Waals surface area contributed by atoms with Gasteiger partial charge in [0.1, 0.15) is 0 Å². The predicted octanol–water partition coefficient (Wildman–Crippen LogP) is 2.07. The van der Waals surface area contributed by atoms with Crippen LogP contribution in [-0.4, -0.2) is 24.5 Å². The molecular formula is C10H17N. The number of allylic oxidation sites excluding steroid dienone is 2. The van der Waals surface area contributed by atoms with E-state index < -0.39 is 0 Å². The fourth-order valence-corrected chi connectivity index (χ4v) is 1.69. The van der Waals surface area contributed by atoms with Gasteiger partial charge in [0.2, 0.25) is 0 Å². The van der Waals surface area contributed by atoms with Crippen molar-refractivity contribution in [2.24, 2.45) is 5.92 Å². The number of likely N-dealkylation sites (tertiary alicyclic amines) is 1. The van der Waals surface area contributed by atoms with Crippen LogP contribution in [0.15, 0.2) is 24.8 Å². The molecular weight excluding hydrogens is 134 g/mol. The van der Waals surface area contributed by atoms with Crippen molar-refractivity contribution >= 4 is 0 Å². The van der Waals surface area contributed by atoms with Crippen LogP contribution in [0.4, 0.5) is 0 Å². The molecule has 0 bridgehead atoms. The molecule has 11 heavy (non-hydrogen) atoms. The van der Waals surface area contributed by atoms with Crippen LogP contribution in [0.1, 0.15) is 13.3 Å². The van der Waals surface area contributed by atoms with Gasteiger partial charge in [-0.1, -0.05) is 31.7 Å². The van der Waals surface area contributed by atoms with E-state index >= 15 is 0 Å². The zero-order valence-corrected chi connectivity index (χ0v) is 7.46. The Morgan fingerprint density at radius 1 is 1.55 bits per heavy atom. The van der Waals surface area contributed by atoms with Crippen molar-refractivity contribution in [3.63, 3.8) is 0 Å². The molecule has 1 nitrogen and oxygen atoms in total. The van der Waals surface area contributed by atoms with E-state index in [0.29, 0.717) is 6.04 Å². The standard InChI is InChI=1S/C10H17N/c1-4-5-6-10-9(2)7-8-11(10)3/h4-6,9-10H,1,7-8H2,2-3H3/b6-5-. The molecule has 0 aromatic carbocycles. The van der Waals surface area contributed by atoms with E-state index in [1.165, 1.54) is 13.0 Å². The average molecular weight is 151 g/mol. The van der Waals surface area contributed by atoms with Crippen molar-refractivity contribution in [2.45, 2.75) is 19.4 Å². The van der Waals surface area contributed by atoms with Gasteiger partial charge in [-0.2, -0.15) is 0 Å². The van der Waals surface area contributed by atoms with Gasteiger partial charge >= 0.3 is 0 Å². The van der Waals surface area contributed by atoms with Gasteiger partial charge < -0.3 is 0 Å². The molecule has 0 aromatic heterocycles. The molecule has 1 fully saturated rings. The second kappa shape index (κ2) is 3.72. The third kappa shape index (κ3) is 1.93. The monoisotopic (exact) mass is 151 g/mol. The van der Waals surface area contributed by atoms with Gasteiger partial charge in [0, 0.05) is 6.04 Å². The molecule has 1 aliphatic rings. The highest BCUT2D eigenvalue weighted by Gasteiger charge is 2.25. The van der Waals surface area contributed by atoms with Crippen molar-refractivity contribution < 1.29 is 0 Å². The molecule has 0 amide bonds. The van der Waals surface area contributed by atoms with Gasteiger partial charge in [0.05, 0.1) is 0 Å². The lowest BCUT2D eigenvalue weighted by Crippen LogP contribution is -2.25. The third-order valence-electron chi connectivity index (χ3n) is 2.47. The number of hydrogen-bond acceptors (Lipinski definition) is 1. The lowest BCUT2D eigenvalue weighted by atomic mass is 10.0. The van der Waals surface area contributed by atoms with Gasteiger partial charge in [0.15, 0.2) is 0 Å². The lowest BCUT2D eigenvalue weighted by molar-refractivity contribution is 0.330. The summed E-state index contributed by atoms with van der Waals surface area (Å²) in [7, 11) is 2.18. The molecule has 0 aromatic rings. The van der Waals surface area contributed by atoms with Gasteiger partial charge in [-0.15, -0.1) is 0 Å². The fraction of sp³-hybridized carbons (Fsp3) is 0.600. The molecule has 1 saturated heterocycles. The highest BCUT2D eigenvalue weighted by molar-refractivity contribution is 5.06. The maximum Gasteiger partial charge on any atom is 0.0304 e. The Hall–Kier alpha value is -0.560. The molecule has 0 spiro atoms. The number of nitrogens with zero attached hydrogens (tertiary/aromatic N) is 1. The molecule has 1 aliphatic heterocycles. The minimum Gasteiger partial charge on any atom is -0.300 e. The van der Waals surface area contributed by atoms with Crippen LogP contribution in [-0.2, 0) is 0 Å². The van der Waals surface area contributed by atoms with Crippen molar-refractivity contribution in [3.8, 4) is 0 Å². The summed E-state index contributed by atoms with van der Waals surface area (Å²) in [5.41, 5.74) is 0. The molecule has 1 heterocycles. The van der Waals surface area contributed by atoms with Crippen LogP contribution in [0.3, 0.4) is 0 Å². The molecule has 1 heteroatoms. The molecule has 0 aliphatic carbocycles. The predicted molar refractivity (Wildman–Crippen MR) is 49.5 cm³/mol. The first kappa shape index (κ1) is 8.54. The Bertz CT molecular complexity index is 150. The minimum absolute atomic E-state index is 0.632. The topological polar surface area (TPSA) is 3.24 Å². The fourth-order valence-electron chi connectivity index (χ4n) is 1.69. The van der Waals surface area contributed by atoms with E-state index in [9.17, 15) is 0 Å². The van der Waals surface area contributed by atoms with Crippen LogP contribution in [0, 0.1) is 5.92 Å². The van der Waals surface area contributed by atoms with Gasteiger partial charge in [-0.3, -0.25) is 4.90 Å². The highest BCUT2D eigenvalue weighted by atomic mass is 15.1. The molecule has 0 saturated carbocycles. The summed E-state index contributed by atoms with van der Waals surface area (Å²) in [5, 5.41) is 0. The van der Waals surface area contributed by atoms with E-state index in [-0.39, 0.29) is 0 Å². The van der Waals surface area contributed by atoms with E-state index in [1.807, 2.05) is 12.2 Å². The SMILES string of the molecule is C=C/C=C\C1C(C)CCN1C. The first-order chi connectivity index (χ1) is 5.25. The van der Waals surface area contributed by atoms with Crippen LogP contribution >= 0.6 is 0 Å². The van der Waals surface area contributed by atoms with Crippen molar-refractivity contribution in [2.75, 3.05) is 13.6 Å². The van der Waals surface area contributed by atoms with Gasteiger partial charge in [-0.25, -0.2) is 0 Å². The quantitative estimate of drug-likeness (QED) is 0.546. The summed E-state index contributed by atoms with van der Waals surface area (Å²) < 4.78 is 0. The van der Waals surface area contributed by atoms with E-state index in [2.05, 4.69) is 31.5 Å². The largest absolute Gasteiger partial charge is 0.300 e. The van der Waals surface area contributed by atoms with Crippen LogP contribution < -0.4 is 0 Å². The maximum atomic E-state index is 3.67. The summed E-state index contributed by atoms with van der Waals surface area (Å²) in [6.07, 6.45) is 7.45. The third-order valence-corrected chi connectivity index (χ3v) is 2.47. The highest BCUT2D eigenvalue weighted by Crippen LogP contribution is 2.22. The Morgan fingerprint density at radius 2 is 2.27 bits per heavy atom. The Morgan fingerprint density at radius 3 is 2.73 bits per heavy atom. The summed E-state index contributed by atoms with van der Waals surface area (Å²) in [4.78, 5) is 2.39. The van der Waals surface area contributed by atoms with E-state index in [0.717, 1.165) is 5.92 Å². The van der Waals surface area contributed by atoms with Crippen LogP contribution in [0.2, 0.25) is 0 Å². The van der Waals surface area contributed by atoms with Gasteiger partial charge in [-0.05, 0) is 25.9 Å². The summed E-state index contributed by atoms with van der Waals surface area (Å²) in [6.45, 7) is 7.20. The number of likely N-dealkylation sites (N-methyl/N-ethyl adjacent to an activating group) is 1. The molecule has 2 atom stereocenters. The zero-order valence-electron chi connectivity index (χ0n) is 7.46. The summed E-state index contributed by atoms with van der Waals surface area (Å²) in [5.74, 6) is 0.802.